The number of hydrogen-bond donors (Lipinski definition) is 2. The molecule has 1 aliphatic heterocycles. The molecule has 3 atom stereocenters. The van der Waals surface area contributed by atoms with Crippen LogP contribution in [0, 0.1) is 5.82 Å². The van der Waals surface area contributed by atoms with Crippen molar-refractivity contribution < 1.29 is 13.9 Å². The van der Waals surface area contributed by atoms with Crippen molar-refractivity contribution in [3.8, 4) is 5.75 Å². The van der Waals surface area contributed by atoms with Crippen LogP contribution in [-0.4, -0.2) is 34.9 Å². The lowest BCUT2D eigenvalue weighted by Gasteiger charge is -2.18. The number of aromatic amines is 1. The highest BCUT2D eigenvalue weighted by molar-refractivity contribution is 5.41. The van der Waals surface area contributed by atoms with Gasteiger partial charge < -0.3 is 14.8 Å². The Hall–Kier alpha value is -1.99. The molecule has 1 saturated heterocycles. The number of fused-ring (bicyclic) bond motifs is 1. The van der Waals surface area contributed by atoms with E-state index in [1.165, 1.54) is 13.4 Å². The van der Waals surface area contributed by atoms with Crippen molar-refractivity contribution in [2.75, 3.05) is 13.7 Å². The topological polar surface area (TPSA) is 72.1 Å². The average Bonchev–Trinajstić information content (AvgIpc) is 3.32. The van der Waals surface area contributed by atoms with Crippen molar-refractivity contribution in [2.45, 2.75) is 43.9 Å². The van der Waals surface area contributed by atoms with E-state index >= 15 is 0 Å². The Kier molecular flexibility index (Phi) is 4.20. The molecule has 1 unspecified atom stereocenters. The molecule has 1 aromatic heterocycles. The quantitative estimate of drug-likeness (QED) is 0.880. The van der Waals surface area contributed by atoms with E-state index in [0.717, 1.165) is 49.2 Å². The highest BCUT2D eigenvalue weighted by Crippen LogP contribution is 2.36. The van der Waals surface area contributed by atoms with Crippen LogP contribution in [0.2, 0.25) is 0 Å². The summed E-state index contributed by atoms with van der Waals surface area (Å²) in [6.45, 7) is 0.752. The Labute approximate surface area is 139 Å². The van der Waals surface area contributed by atoms with Crippen LogP contribution in [0.5, 0.6) is 5.75 Å². The summed E-state index contributed by atoms with van der Waals surface area (Å²) >= 11 is 0. The van der Waals surface area contributed by atoms with E-state index < -0.39 is 0 Å². The molecule has 128 valence electrons. The summed E-state index contributed by atoms with van der Waals surface area (Å²) in [5.41, 5.74) is 2.20. The molecule has 4 rings (SSSR count). The zero-order valence-corrected chi connectivity index (χ0v) is 13.6. The van der Waals surface area contributed by atoms with Gasteiger partial charge in [-0.05, 0) is 48.9 Å². The maximum atomic E-state index is 14.0. The summed E-state index contributed by atoms with van der Waals surface area (Å²) < 4.78 is 25.1. The van der Waals surface area contributed by atoms with E-state index in [0.29, 0.717) is 5.75 Å². The number of methoxy groups -OCH3 is 1. The van der Waals surface area contributed by atoms with Gasteiger partial charge in [-0.3, -0.25) is 5.10 Å². The van der Waals surface area contributed by atoms with Gasteiger partial charge in [0.15, 0.2) is 17.4 Å². The van der Waals surface area contributed by atoms with Crippen LogP contribution >= 0.6 is 0 Å². The molecule has 2 aliphatic rings. The summed E-state index contributed by atoms with van der Waals surface area (Å²) in [6, 6.07) is 3.60. The second-order valence-electron chi connectivity index (χ2n) is 6.38. The number of aromatic nitrogens is 3. The first kappa shape index (κ1) is 15.5. The average molecular weight is 332 g/mol. The Morgan fingerprint density at radius 3 is 3.08 bits per heavy atom. The van der Waals surface area contributed by atoms with Crippen LogP contribution in [0.15, 0.2) is 18.5 Å². The SMILES string of the molecule is COc1cc2c(cc1F)C(NC[C@H]1CC[C@@H](c3ncn[nH]3)O1)CC2. The van der Waals surface area contributed by atoms with Crippen LogP contribution in [-0.2, 0) is 11.2 Å². The first-order valence-electron chi connectivity index (χ1n) is 8.35. The van der Waals surface area contributed by atoms with Gasteiger partial charge in [-0.15, -0.1) is 0 Å². The predicted molar refractivity (Wildman–Crippen MR) is 85.2 cm³/mol. The lowest BCUT2D eigenvalue weighted by molar-refractivity contribution is 0.0387. The zero-order valence-electron chi connectivity index (χ0n) is 13.6. The number of ether oxygens (including phenoxy) is 2. The van der Waals surface area contributed by atoms with Gasteiger partial charge >= 0.3 is 0 Å². The van der Waals surface area contributed by atoms with Gasteiger partial charge in [0.1, 0.15) is 12.4 Å². The molecule has 0 amide bonds. The molecule has 1 fully saturated rings. The third-order valence-electron chi connectivity index (χ3n) is 4.93. The Bertz CT molecular complexity index is 707. The molecule has 0 spiro atoms. The number of hydrogen-bond acceptors (Lipinski definition) is 5. The minimum atomic E-state index is -0.299. The molecule has 6 nitrogen and oxygen atoms in total. The highest BCUT2D eigenvalue weighted by Gasteiger charge is 2.30. The number of rotatable bonds is 5. The lowest BCUT2D eigenvalue weighted by Crippen LogP contribution is -2.29. The highest BCUT2D eigenvalue weighted by atomic mass is 19.1. The number of aryl methyl sites for hydroxylation is 1. The van der Waals surface area contributed by atoms with Crippen LogP contribution in [0.25, 0.3) is 0 Å². The van der Waals surface area contributed by atoms with Crippen molar-refractivity contribution in [2.24, 2.45) is 0 Å². The predicted octanol–water partition coefficient (Wildman–Crippen LogP) is 2.45. The summed E-state index contributed by atoms with van der Waals surface area (Å²) in [7, 11) is 1.50. The van der Waals surface area contributed by atoms with Crippen LogP contribution in [0.3, 0.4) is 0 Å². The molecule has 2 N–H and O–H groups in total. The van der Waals surface area contributed by atoms with Crippen molar-refractivity contribution >= 4 is 0 Å². The van der Waals surface area contributed by atoms with E-state index in [4.69, 9.17) is 9.47 Å². The summed E-state index contributed by atoms with van der Waals surface area (Å²) in [5.74, 6) is 0.814. The fourth-order valence-electron chi connectivity index (χ4n) is 3.68. The van der Waals surface area contributed by atoms with Crippen LogP contribution < -0.4 is 10.1 Å². The Morgan fingerprint density at radius 2 is 2.29 bits per heavy atom. The standard InChI is InChI=1S/C17H21FN4O2/c1-23-16-6-10-2-4-14(12(10)7-13(16)18)19-8-11-3-5-15(24-11)17-20-9-21-22-17/h6-7,9,11,14-15,19H,2-5,8H2,1H3,(H,20,21,22)/t11-,14?,15+/m1/s1. The summed E-state index contributed by atoms with van der Waals surface area (Å²) in [5, 5.41) is 10.3. The molecule has 1 aliphatic carbocycles. The zero-order chi connectivity index (χ0) is 16.5. The Balaban J connectivity index is 1.36. The maximum absolute atomic E-state index is 14.0. The second-order valence-corrected chi connectivity index (χ2v) is 6.38. The van der Waals surface area contributed by atoms with Crippen LogP contribution in [0.1, 0.15) is 48.4 Å². The molecular formula is C17H21FN4O2. The number of halogens is 1. The Morgan fingerprint density at radius 1 is 1.38 bits per heavy atom. The van der Waals surface area contributed by atoms with Crippen molar-refractivity contribution in [1.82, 2.24) is 20.5 Å². The summed E-state index contributed by atoms with van der Waals surface area (Å²) in [4.78, 5) is 4.16. The molecule has 2 heterocycles. The number of H-pyrrole nitrogens is 1. The molecule has 2 aromatic rings. The number of nitrogens with one attached hydrogen (secondary N) is 2. The fourth-order valence-corrected chi connectivity index (χ4v) is 3.68. The molecule has 0 bridgehead atoms. The third-order valence-corrected chi connectivity index (χ3v) is 4.93. The van der Waals surface area contributed by atoms with Gasteiger partial charge in [-0.25, -0.2) is 9.37 Å². The third kappa shape index (κ3) is 2.89. The summed E-state index contributed by atoms with van der Waals surface area (Å²) in [6.07, 6.45) is 5.48. The minimum Gasteiger partial charge on any atom is -0.494 e. The van der Waals surface area contributed by atoms with Gasteiger partial charge in [-0.2, -0.15) is 5.10 Å². The largest absolute Gasteiger partial charge is 0.494 e. The molecule has 0 radical (unpaired) electrons. The van der Waals surface area contributed by atoms with Crippen LogP contribution in [0.4, 0.5) is 4.39 Å². The van der Waals surface area contributed by atoms with Crippen molar-refractivity contribution in [3.63, 3.8) is 0 Å². The molecule has 24 heavy (non-hydrogen) atoms. The normalized spacial score (nSPS) is 25.8. The van der Waals surface area contributed by atoms with Gasteiger partial charge in [0.25, 0.3) is 0 Å². The molecule has 1 aromatic carbocycles. The molecular weight excluding hydrogens is 311 g/mol. The monoisotopic (exact) mass is 332 g/mol. The number of benzene rings is 1. The van der Waals surface area contributed by atoms with E-state index in [9.17, 15) is 4.39 Å². The van der Waals surface area contributed by atoms with Gasteiger partial charge in [-0.1, -0.05) is 0 Å². The van der Waals surface area contributed by atoms with E-state index in [-0.39, 0.29) is 24.1 Å². The fraction of sp³-hybridized carbons (Fsp3) is 0.529. The van der Waals surface area contributed by atoms with E-state index in [1.54, 1.807) is 6.07 Å². The number of nitrogens with zero attached hydrogens (tertiary/aromatic N) is 2. The molecule has 7 heteroatoms. The van der Waals surface area contributed by atoms with E-state index in [2.05, 4.69) is 20.5 Å². The maximum Gasteiger partial charge on any atom is 0.165 e. The van der Waals surface area contributed by atoms with Gasteiger partial charge in [0, 0.05) is 12.6 Å². The minimum absolute atomic E-state index is 0.00290. The van der Waals surface area contributed by atoms with E-state index in [1.807, 2.05) is 6.07 Å². The molecule has 0 saturated carbocycles. The van der Waals surface area contributed by atoms with Gasteiger partial charge in [0.05, 0.1) is 13.2 Å². The lowest BCUT2D eigenvalue weighted by atomic mass is 10.1. The smallest absolute Gasteiger partial charge is 0.165 e. The van der Waals surface area contributed by atoms with Gasteiger partial charge in [0.2, 0.25) is 0 Å². The first-order valence-corrected chi connectivity index (χ1v) is 8.35. The second kappa shape index (κ2) is 6.49. The van der Waals surface area contributed by atoms with Crippen molar-refractivity contribution in [1.29, 1.82) is 0 Å². The van der Waals surface area contributed by atoms with Crippen molar-refractivity contribution in [3.05, 3.63) is 41.2 Å². The first-order chi connectivity index (χ1) is 11.7.